The molecule has 0 bridgehead atoms. The van der Waals surface area contributed by atoms with Crippen LogP contribution in [0.5, 0.6) is 0 Å². The topological polar surface area (TPSA) is 61.6 Å². The van der Waals surface area contributed by atoms with Crippen LogP contribution >= 0.6 is 11.3 Å². The second-order valence-corrected chi connectivity index (χ2v) is 4.63. The van der Waals surface area contributed by atoms with Crippen LogP contribution in [0.15, 0.2) is 18.3 Å². The first-order valence-corrected chi connectivity index (χ1v) is 5.57. The smallest absolute Gasteiger partial charge is 0.188 e. The largest absolute Gasteiger partial charge is 0.316 e. The summed E-state index contributed by atoms with van der Waals surface area (Å²) < 4.78 is 0. The fourth-order valence-corrected chi connectivity index (χ4v) is 1.99. The number of hydrogen-bond donors (Lipinski definition) is 1. The van der Waals surface area contributed by atoms with Crippen molar-refractivity contribution < 1.29 is 0 Å². The summed E-state index contributed by atoms with van der Waals surface area (Å²) in [5.41, 5.74) is 1.41. The number of nitrogens with zero attached hydrogens (tertiary/aromatic N) is 3. The number of nitrogens with one attached hydrogen (secondary N) is 1. The van der Waals surface area contributed by atoms with Crippen molar-refractivity contribution in [1.29, 1.82) is 5.26 Å². The Morgan fingerprint density at radius 2 is 2.19 bits per heavy atom. The third-order valence-electron chi connectivity index (χ3n) is 1.94. The second kappa shape index (κ2) is 4.29. The van der Waals surface area contributed by atoms with E-state index in [1.807, 2.05) is 13.8 Å². The van der Waals surface area contributed by atoms with E-state index in [1.165, 1.54) is 0 Å². The molecule has 2 aromatic heterocycles. The summed E-state index contributed by atoms with van der Waals surface area (Å²) in [6.07, 6.45) is 1.80. The molecule has 1 N–H and O–H groups in total. The minimum absolute atomic E-state index is 0.600. The molecule has 0 fully saturated rings. The Balaban J connectivity index is 2.28. The van der Waals surface area contributed by atoms with Gasteiger partial charge in [0, 0.05) is 16.8 Å². The molecule has 2 aromatic rings. The van der Waals surface area contributed by atoms with Gasteiger partial charge in [-0.1, -0.05) is 0 Å². The van der Waals surface area contributed by atoms with Crippen LogP contribution in [0.3, 0.4) is 0 Å². The molecular formula is C11H10N4S. The number of anilines is 2. The predicted molar refractivity (Wildman–Crippen MR) is 63.8 cm³/mol. The van der Waals surface area contributed by atoms with Crippen LogP contribution in [0.2, 0.25) is 0 Å². The van der Waals surface area contributed by atoms with Gasteiger partial charge in [-0.2, -0.15) is 5.26 Å². The van der Waals surface area contributed by atoms with E-state index in [2.05, 4.69) is 21.4 Å². The summed E-state index contributed by atoms with van der Waals surface area (Å²) in [7, 11) is 0. The van der Waals surface area contributed by atoms with Crippen molar-refractivity contribution in [3.05, 3.63) is 34.5 Å². The zero-order chi connectivity index (χ0) is 11.5. The molecule has 0 aliphatic carbocycles. The van der Waals surface area contributed by atoms with Crippen LogP contribution in [0.25, 0.3) is 0 Å². The number of rotatable bonds is 2. The van der Waals surface area contributed by atoms with Crippen LogP contribution in [-0.4, -0.2) is 9.97 Å². The third kappa shape index (κ3) is 2.35. The van der Waals surface area contributed by atoms with Gasteiger partial charge in [-0.3, -0.25) is 0 Å². The maximum absolute atomic E-state index is 8.84. The van der Waals surface area contributed by atoms with Gasteiger partial charge in [0.25, 0.3) is 0 Å². The lowest BCUT2D eigenvalue weighted by molar-refractivity contribution is 1.18. The molecule has 0 unspecified atom stereocenters. The number of aryl methyl sites for hydroxylation is 2. The van der Waals surface area contributed by atoms with Gasteiger partial charge in [-0.15, -0.1) is 11.3 Å². The first kappa shape index (κ1) is 10.6. The predicted octanol–water partition coefficient (Wildman–Crippen LogP) is 2.77. The minimum atomic E-state index is 0.600. The lowest BCUT2D eigenvalue weighted by atomic mass is 10.2. The molecule has 80 valence electrons. The van der Waals surface area contributed by atoms with Gasteiger partial charge in [0.05, 0.1) is 11.6 Å². The van der Waals surface area contributed by atoms with E-state index < -0.39 is 0 Å². The Labute approximate surface area is 97.6 Å². The van der Waals surface area contributed by atoms with Gasteiger partial charge in [-0.25, -0.2) is 9.97 Å². The highest BCUT2D eigenvalue weighted by molar-refractivity contribution is 7.15. The van der Waals surface area contributed by atoms with E-state index in [0.29, 0.717) is 11.4 Å². The number of hydrogen-bond acceptors (Lipinski definition) is 5. The van der Waals surface area contributed by atoms with Crippen LogP contribution in [-0.2, 0) is 0 Å². The highest BCUT2D eigenvalue weighted by atomic mass is 32.1. The zero-order valence-electron chi connectivity index (χ0n) is 8.98. The summed E-state index contributed by atoms with van der Waals surface area (Å²) in [4.78, 5) is 9.61. The lowest BCUT2D eigenvalue weighted by Crippen LogP contribution is -1.95. The van der Waals surface area contributed by atoms with Gasteiger partial charge in [0.2, 0.25) is 0 Å². The molecule has 0 aromatic carbocycles. The molecule has 16 heavy (non-hydrogen) atoms. The monoisotopic (exact) mass is 230 g/mol. The van der Waals surface area contributed by atoms with E-state index in [1.54, 1.807) is 29.7 Å². The molecule has 5 heteroatoms. The van der Waals surface area contributed by atoms with E-state index in [0.717, 1.165) is 15.7 Å². The van der Waals surface area contributed by atoms with Gasteiger partial charge in [0.1, 0.15) is 5.82 Å². The molecular weight excluding hydrogens is 220 g/mol. The Hall–Kier alpha value is -1.93. The van der Waals surface area contributed by atoms with Crippen molar-refractivity contribution in [3.8, 4) is 6.07 Å². The van der Waals surface area contributed by atoms with E-state index in [-0.39, 0.29) is 0 Å². The standard InChI is InChI=1S/C11H10N4S/c1-7-3-9(5-12)4-10(14-7)15-11-13-6-8(2)16-11/h3-4,6H,1-2H3,(H,13,14,15). The highest BCUT2D eigenvalue weighted by Gasteiger charge is 2.02. The Kier molecular flexibility index (Phi) is 2.84. The van der Waals surface area contributed by atoms with Crippen LogP contribution in [0.4, 0.5) is 10.9 Å². The summed E-state index contributed by atoms with van der Waals surface area (Å²) in [5.74, 6) is 0.658. The molecule has 0 amide bonds. The molecule has 0 radical (unpaired) electrons. The first-order valence-electron chi connectivity index (χ1n) is 4.75. The fraction of sp³-hybridized carbons (Fsp3) is 0.182. The molecule has 2 rings (SSSR count). The van der Waals surface area contributed by atoms with Gasteiger partial charge < -0.3 is 5.32 Å². The lowest BCUT2D eigenvalue weighted by Gasteiger charge is -2.03. The van der Waals surface area contributed by atoms with Crippen molar-refractivity contribution in [3.63, 3.8) is 0 Å². The minimum Gasteiger partial charge on any atom is -0.316 e. The van der Waals surface area contributed by atoms with Gasteiger partial charge in [0.15, 0.2) is 5.13 Å². The van der Waals surface area contributed by atoms with Crippen molar-refractivity contribution in [2.24, 2.45) is 0 Å². The number of nitriles is 1. The summed E-state index contributed by atoms with van der Waals surface area (Å²) in [5, 5.41) is 12.7. The average Bonchev–Trinajstić information content (AvgIpc) is 2.63. The van der Waals surface area contributed by atoms with Crippen molar-refractivity contribution in [1.82, 2.24) is 9.97 Å². The average molecular weight is 230 g/mol. The number of thiazole rings is 1. The molecule has 0 spiro atoms. The van der Waals surface area contributed by atoms with Crippen molar-refractivity contribution in [2.75, 3.05) is 5.32 Å². The Morgan fingerprint density at radius 1 is 1.38 bits per heavy atom. The third-order valence-corrected chi connectivity index (χ3v) is 2.77. The molecule has 0 aliphatic rings. The molecule has 0 atom stereocenters. The quantitative estimate of drug-likeness (QED) is 0.861. The zero-order valence-corrected chi connectivity index (χ0v) is 9.80. The number of aromatic nitrogens is 2. The molecule has 0 saturated heterocycles. The molecule has 4 nitrogen and oxygen atoms in total. The van der Waals surface area contributed by atoms with Crippen LogP contribution < -0.4 is 5.32 Å². The van der Waals surface area contributed by atoms with Crippen LogP contribution in [0, 0.1) is 25.2 Å². The normalized spacial score (nSPS) is 9.81. The summed E-state index contributed by atoms with van der Waals surface area (Å²) >= 11 is 1.56. The molecule has 0 aliphatic heterocycles. The molecule has 0 saturated carbocycles. The van der Waals surface area contributed by atoms with Crippen molar-refractivity contribution in [2.45, 2.75) is 13.8 Å². The maximum Gasteiger partial charge on any atom is 0.188 e. The van der Waals surface area contributed by atoms with E-state index in [4.69, 9.17) is 5.26 Å². The van der Waals surface area contributed by atoms with Gasteiger partial charge in [-0.05, 0) is 26.0 Å². The first-order chi connectivity index (χ1) is 7.67. The second-order valence-electron chi connectivity index (χ2n) is 3.40. The van der Waals surface area contributed by atoms with E-state index >= 15 is 0 Å². The summed E-state index contributed by atoms with van der Waals surface area (Å²) in [6.45, 7) is 3.85. The summed E-state index contributed by atoms with van der Waals surface area (Å²) in [6, 6.07) is 5.56. The highest BCUT2D eigenvalue weighted by Crippen LogP contribution is 2.21. The maximum atomic E-state index is 8.84. The van der Waals surface area contributed by atoms with Gasteiger partial charge >= 0.3 is 0 Å². The Bertz CT molecular complexity index is 553. The SMILES string of the molecule is Cc1cc(C#N)cc(Nc2ncc(C)s2)n1. The van der Waals surface area contributed by atoms with Crippen molar-refractivity contribution >= 4 is 22.3 Å². The van der Waals surface area contributed by atoms with Crippen LogP contribution in [0.1, 0.15) is 16.1 Å². The molecule has 2 heterocycles. The van der Waals surface area contributed by atoms with E-state index in [9.17, 15) is 0 Å². The Morgan fingerprint density at radius 3 is 2.81 bits per heavy atom. The fourth-order valence-electron chi connectivity index (χ4n) is 1.32. The number of pyridine rings is 1.